The summed E-state index contributed by atoms with van der Waals surface area (Å²) in [5.74, 6) is 0.962. The number of nitrogens with one attached hydrogen (secondary N) is 1. The second-order valence-electron chi connectivity index (χ2n) is 5.29. The van der Waals surface area contributed by atoms with E-state index in [1.165, 1.54) is 0 Å². The Hall–Kier alpha value is -1.01. The molecule has 1 aromatic rings. The standard InChI is InChI=1S/C15H21NO3S2/c1-2-3-9-20-14-11-21(18,19)10-13(14)16-15(17)12-7-5-4-6-8-12/h4-8,13-14H,2-3,9-11H2,1H3,(H,16,17). The van der Waals surface area contributed by atoms with Crippen LogP contribution >= 0.6 is 11.8 Å². The quantitative estimate of drug-likeness (QED) is 0.813. The number of hydrogen-bond donors (Lipinski definition) is 1. The summed E-state index contributed by atoms with van der Waals surface area (Å²) >= 11 is 1.66. The minimum absolute atomic E-state index is 0.0331. The fraction of sp³-hybridized carbons (Fsp3) is 0.533. The first-order valence-electron chi connectivity index (χ1n) is 7.20. The maximum absolute atomic E-state index is 12.2. The third-order valence-electron chi connectivity index (χ3n) is 3.48. The smallest absolute Gasteiger partial charge is 0.251 e. The highest BCUT2D eigenvalue weighted by Gasteiger charge is 2.38. The van der Waals surface area contributed by atoms with Crippen LogP contribution in [-0.4, -0.2) is 42.9 Å². The molecule has 2 unspecified atom stereocenters. The van der Waals surface area contributed by atoms with E-state index in [0.717, 1.165) is 18.6 Å². The summed E-state index contributed by atoms with van der Waals surface area (Å²) < 4.78 is 23.7. The van der Waals surface area contributed by atoms with Crippen LogP contribution in [0, 0.1) is 0 Å². The lowest BCUT2D eigenvalue weighted by Gasteiger charge is -2.19. The maximum atomic E-state index is 12.2. The lowest BCUT2D eigenvalue weighted by Crippen LogP contribution is -2.41. The first-order chi connectivity index (χ1) is 10.0. The van der Waals surface area contributed by atoms with Gasteiger partial charge in [-0.3, -0.25) is 4.79 Å². The summed E-state index contributed by atoms with van der Waals surface area (Å²) in [6.45, 7) is 2.11. The summed E-state index contributed by atoms with van der Waals surface area (Å²) in [6.07, 6.45) is 2.16. The summed E-state index contributed by atoms with van der Waals surface area (Å²) in [6, 6.07) is 8.63. The van der Waals surface area contributed by atoms with Gasteiger partial charge in [-0.2, -0.15) is 11.8 Å². The highest BCUT2D eigenvalue weighted by molar-refractivity contribution is 8.01. The summed E-state index contributed by atoms with van der Waals surface area (Å²) in [7, 11) is -3.05. The van der Waals surface area contributed by atoms with Crippen LogP contribution in [-0.2, 0) is 9.84 Å². The Labute approximate surface area is 130 Å². The third-order valence-corrected chi connectivity index (χ3v) is 6.88. The molecule has 2 rings (SSSR count). The van der Waals surface area contributed by atoms with Crippen molar-refractivity contribution in [1.29, 1.82) is 0 Å². The van der Waals surface area contributed by atoms with Crippen LogP contribution in [0.4, 0.5) is 0 Å². The fourth-order valence-corrected chi connectivity index (χ4v) is 6.35. The van der Waals surface area contributed by atoms with Crippen molar-refractivity contribution in [2.45, 2.75) is 31.1 Å². The van der Waals surface area contributed by atoms with Crippen molar-refractivity contribution < 1.29 is 13.2 Å². The molecular formula is C15H21NO3S2. The topological polar surface area (TPSA) is 63.2 Å². The minimum Gasteiger partial charge on any atom is -0.347 e. The molecule has 2 atom stereocenters. The zero-order valence-electron chi connectivity index (χ0n) is 12.1. The molecule has 1 heterocycles. The first kappa shape index (κ1) is 16.4. The summed E-state index contributed by atoms with van der Waals surface area (Å²) in [4.78, 5) is 12.2. The number of thioether (sulfide) groups is 1. The largest absolute Gasteiger partial charge is 0.347 e. The monoisotopic (exact) mass is 327 g/mol. The van der Waals surface area contributed by atoms with Gasteiger partial charge in [0.15, 0.2) is 9.84 Å². The van der Waals surface area contributed by atoms with E-state index in [0.29, 0.717) is 5.56 Å². The zero-order valence-corrected chi connectivity index (χ0v) is 13.8. The fourth-order valence-electron chi connectivity index (χ4n) is 2.33. The summed E-state index contributed by atoms with van der Waals surface area (Å²) in [5.41, 5.74) is 0.569. The minimum atomic E-state index is -3.05. The van der Waals surface area contributed by atoms with Crippen molar-refractivity contribution >= 4 is 27.5 Å². The molecule has 116 valence electrons. The van der Waals surface area contributed by atoms with E-state index < -0.39 is 9.84 Å². The Morgan fingerprint density at radius 3 is 2.67 bits per heavy atom. The summed E-state index contributed by atoms with van der Waals surface area (Å²) in [5, 5.41) is 2.86. The molecule has 1 aliphatic heterocycles. The molecule has 0 aliphatic carbocycles. The molecule has 1 amide bonds. The Kier molecular flexibility index (Phi) is 5.70. The van der Waals surface area contributed by atoms with Gasteiger partial charge in [0.25, 0.3) is 5.91 Å². The molecular weight excluding hydrogens is 306 g/mol. The van der Waals surface area contributed by atoms with E-state index in [1.807, 2.05) is 6.07 Å². The first-order valence-corrected chi connectivity index (χ1v) is 10.1. The van der Waals surface area contributed by atoms with Crippen molar-refractivity contribution in [3.05, 3.63) is 35.9 Å². The van der Waals surface area contributed by atoms with Gasteiger partial charge in [-0.25, -0.2) is 8.42 Å². The molecule has 0 spiro atoms. The van der Waals surface area contributed by atoms with Crippen molar-refractivity contribution in [3.63, 3.8) is 0 Å². The molecule has 4 nitrogen and oxygen atoms in total. The lowest BCUT2D eigenvalue weighted by molar-refractivity contribution is 0.0942. The zero-order chi connectivity index (χ0) is 15.3. The van der Waals surface area contributed by atoms with E-state index >= 15 is 0 Å². The molecule has 1 aromatic carbocycles. The van der Waals surface area contributed by atoms with Gasteiger partial charge in [-0.1, -0.05) is 31.5 Å². The van der Waals surface area contributed by atoms with Gasteiger partial charge in [0, 0.05) is 10.8 Å². The van der Waals surface area contributed by atoms with Crippen LogP contribution in [0.5, 0.6) is 0 Å². The van der Waals surface area contributed by atoms with E-state index in [4.69, 9.17) is 0 Å². The van der Waals surface area contributed by atoms with Crippen molar-refractivity contribution in [3.8, 4) is 0 Å². The molecule has 1 N–H and O–H groups in total. The average molecular weight is 327 g/mol. The van der Waals surface area contributed by atoms with Gasteiger partial charge in [0.2, 0.25) is 0 Å². The average Bonchev–Trinajstić information content (AvgIpc) is 2.74. The molecule has 1 aliphatic rings. The molecule has 6 heteroatoms. The Morgan fingerprint density at radius 1 is 1.29 bits per heavy atom. The molecule has 0 radical (unpaired) electrons. The highest BCUT2D eigenvalue weighted by atomic mass is 32.2. The Morgan fingerprint density at radius 2 is 2.00 bits per heavy atom. The number of hydrogen-bond acceptors (Lipinski definition) is 4. The van der Waals surface area contributed by atoms with E-state index in [-0.39, 0.29) is 28.7 Å². The molecule has 0 aromatic heterocycles. The molecule has 1 saturated heterocycles. The number of rotatable bonds is 6. The molecule has 1 fully saturated rings. The van der Waals surface area contributed by atoms with Crippen LogP contribution in [0.1, 0.15) is 30.1 Å². The SMILES string of the molecule is CCCCSC1CS(=O)(=O)CC1NC(=O)c1ccccc1. The molecule has 21 heavy (non-hydrogen) atoms. The number of benzene rings is 1. The van der Waals surface area contributed by atoms with Crippen LogP contribution in [0.25, 0.3) is 0 Å². The van der Waals surface area contributed by atoms with Crippen LogP contribution in [0.3, 0.4) is 0 Å². The van der Waals surface area contributed by atoms with Crippen LogP contribution in [0.15, 0.2) is 30.3 Å². The van der Waals surface area contributed by atoms with Gasteiger partial charge in [-0.15, -0.1) is 0 Å². The lowest BCUT2D eigenvalue weighted by atomic mass is 10.2. The number of carbonyl (C=O) groups excluding carboxylic acids is 1. The van der Waals surface area contributed by atoms with Gasteiger partial charge in [-0.05, 0) is 24.3 Å². The van der Waals surface area contributed by atoms with Crippen molar-refractivity contribution in [2.75, 3.05) is 17.3 Å². The van der Waals surface area contributed by atoms with Gasteiger partial charge in [0.05, 0.1) is 17.5 Å². The number of amides is 1. The van der Waals surface area contributed by atoms with E-state index in [1.54, 1.807) is 36.0 Å². The third kappa shape index (κ3) is 4.74. The van der Waals surface area contributed by atoms with Gasteiger partial charge < -0.3 is 5.32 Å². The van der Waals surface area contributed by atoms with Gasteiger partial charge >= 0.3 is 0 Å². The number of unbranched alkanes of at least 4 members (excludes halogenated alkanes) is 1. The van der Waals surface area contributed by atoms with E-state index in [2.05, 4.69) is 12.2 Å². The maximum Gasteiger partial charge on any atom is 0.251 e. The number of sulfone groups is 1. The van der Waals surface area contributed by atoms with E-state index in [9.17, 15) is 13.2 Å². The number of carbonyl (C=O) groups is 1. The highest BCUT2D eigenvalue weighted by Crippen LogP contribution is 2.26. The second kappa shape index (κ2) is 7.31. The Bertz CT molecular complexity index is 572. The molecule has 0 bridgehead atoms. The second-order valence-corrected chi connectivity index (χ2v) is 8.79. The van der Waals surface area contributed by atoms with Crippen LogP contribution in [0.2, 0.25) is 0 Å². The van der Waals surface area contributed by atoms with Crippen LogP contribution < -0.4 is 5.32 Å². The normalized spacial score (nSPS) is 23.9. The van der Waals surface area contributed by atoms with Crippen molar-refractivity contribution in [2.24, 2.45) is 0 Å². The van der Waals surface area contributed by atoms with Gasteiger partial charge in [0.1, 0.15) is 0 Å². The van der Waals surface area contributed by atoms with Crippen molar-refractivity contribution in [1.82, 2.24) is 5.32 Å². The Balaban J connectivity index is 2.00. The predicted molar refractivity (Wildman–Crippen MR) is 87.5 cm³/mol. The molecule has 0 saturated carbocycles. The predicted octanol–water partition coefficient (Wildman–Crippen LogP) is 2.12.